The van der Waals surface area contributed by atoms with Crippen molar-refractivity contribution in [2.45, 2.75) is 49.3 Å². The first kappa shape index (κ1) is 27.5. The SMILES string of the molecule is CCCCOC(=O)c1cc(S(=O)(=O)c2ccc(C(=O)O)c(C(=O)OCCCC)c2)ccc1C(=O)O. The molecule has 35 heavy (non-hydrogen) atoms. The van der Waals surface area contributed by atoms with Crippen LogP contribution in [-0.2, 0) is 19.3 Å². The van der Waals surface area contributed by atoms with Crippen LogP contribution in [-0.4, -0.2) is 55.7 Å². The average molecular weight is 507 g/mol. The lowest BCUT2D eigenvalue weighted by molar-refractivity contribution is 0.0483. The molecular weight excluding hydrogens is 480 g/mol. The Morgan fingerprint density at radius 1 is 0.686 bits per heavy atom. The third-order valence-corrected chi connectivity index (χ3v) is 6.71. The normalized spacial score (nSPS) is 11.0. The molecular formula is C24H26O10S. The van der Waals surface area contributed by atoms with Crippen molar-refractivity contribution < 1.29 is 47.3 Å². The highest BCUT2D eigenvalue weighted by Crippen LogP contribution is 2.26. The van der Waals surface area contributed by atoms with Gasteiger partial charge in [-0.2, -0.15) is 0 Å². The minimum absolute atomic E-state index is 0.0333. The Morgan fingerprint density at radius 3 is 1.37 bits per heavy atom. The molecule has 2 N–H and O–H groups in total. The highest BCUT2D eigenvalue weighted by Gasteiger charge is 2.27. The third kappa shape index (κ3) is 6.66. The molecule has 0 spiro atoms. The van der Waals surface area contributed by atoms with E-state index >= 15 is 0 Å². The molecule has 0 atom stereocenters. The molecule has 11 heteroatoms. The van der Waals surface area contributed by atoms with E-state index in [1.807, 2.05) is 13.8 Å². The van der Waals surface area contributed by atoms with Crippen LogP contribution in [0.25, 0.3) is 0 Å². The van der Waals surface area contributed by atoms with E-state index in [1.165, 1.54) is 0 Å². The van der Waals surface area contributed by atoms with E-state index in [1.54, 1.807) is 0 Å². The maximum absolute atomic E-state index is 13.3. The summed E-state index contributed by atoms with van der Waals surface area (Å²) in [5, 5.41) is 18.8. The van der Waals surface area contributed by atoms with Crippen LogP contribution >= 0.6 is 0 Å². The third-order valence-electron chi connectivity index (χ3n) is 4.97. The van der Waals surface area contributed by atoms with Crippen molar-refractivity contribution in [1.82, 2.24) is 0 Å². The zero-order valence-corrected chi connectivity index (χ0v) is 20.1. The molecule has 0 aliphatic carbocycles. The fourth-order valence-electron chi connectivity index (χ4n) is 3.00. The summed E-state index contributed by atoms with van der Waals surface area (Å²) >= 11 is 0. The number of carbonyl (C=O) groups excluding carboxylic acids is 2. The van der Waals surface area contributed by atoms with Crippen molar-refractivity contribution in [2.24, 2.45) is 0 Å². The Labute approximate surface area is 202 Å². The predicted octanol–water partition coefficient (Wildman–Crippen LogP) is 3.83. The summed E-state index contributed by atoms with van der Waals surface area (Å²) < 4.78 is 36.6. The second-order valence-corrected chi connectivity index (χ2v) is 9.46. The minimum atomic E-state index is -4.39. The number of carboxylic acids is 2. The van der Waals surface area contributed by atoms with Crippen LogP contribution in [0.2, 0.25) is 0 Å². The van der Waals surface area contributed by atoms with Gasteiger partial charge in [0.2, 0.25) is 9.84 Å². The second kappa shape index (κ2) is 12.1. The molecule has 0 amide bonds. The zero-order chi connectivity index (χ0) is 26.2. The quantitative estimate of drug-likeness (QED) is 0.320. The molecule has 0 saturated carbocycles. The van der Waals surface area contributed by atoms with Crippen LogP contribution in [0.1, 0.15) is 81.0 Å². The Hall–Kier alpha value is -3.73. The number of rotatable bonds is 12. The van der Waals surface area contributed by atoms with Crippen molar-refractivity contribution in [2.75, 3.05) is 13.2 Å². The van der Waals surface area contributed by atoms with Gasteiger partial charge in [-0.15, -0.1) is 0 Å². The van der Waals surface area contributed by atoms with Gasteiger partial charge in [0.1, 0.15) is 0 Å². The van der Waals surface area contributed by atoms with Gasteiger partial charge in [0.25, 0.3) is 0 Å². The number of aromatic carboxylic acids is 2. The average Bonchev–Trinajstić information content (AvgIpc) is 2.83. The van der Waals surface area contributed by atoms with Gasteiger partial charge in [0, 0.05) is 0 Å². The summed E-state index contributed by atoms with van der Waals surface area (Å²) in [5.41, 5.74) is -1.77. The van der Waals surface area contributed by atoms with Gasteiger partial charge >= 0.3 is 23.9 Å². The molecule has 188 valence electrons. The number of sulfone groups is 1. The molecule has 0 heterocycles. The van der Waals surface area contributed by atoms with Gasteiger partial charge in [0.05, 0.1) is 45.3 Å². The van der Waals surface area contributed by atoms with Gasteiger partial charge in [-0.1, -0.05) is 26.7 Å². The summed E-state index contributed by atoms with van der Waals surface area (Å²) in [5.74, 6) is -4.87. The molecule has 0 fully saturated rings. The summed E-state index contributed by atoms with van der Waals surface area (Å²) in [6.07, 6.45) is 2.53. The van der Waals surface area contributed by atoms with Crippen LogP contribution < -0.4 is 0 Å². The van der Waals surface area contributed by atoms with E-state index in [0.717, 1.165) is 49.2 Å². The Balaban J connectivity index is 2.54. The van der Waals surface area contributed by atoms with Crippen LogP contribution in [0.5, 0.6) is 0 Å². The Bertz CT molecular complexity index is 1140. The number of unbranched alkanes of at least 4 members (excludes halogenated alkanes) is 2. The van der Waals surface area contributed by atoms with Gasteiger partial charge in [0.15, 0.2) is 0 Å². The number of benzene rings is 2. The molecule has 0 aliphatic rings. The fraction of sp³-hybridized carbons (Fsp3) is 0.333. The summed E-state index contributed by atoms with van der Waals surface area (Å²) in [6, 6.07) is 5.72. The van der Waals surface area contributed by atoms with Gasteiger partial charge in [-0.05, 0) is 49.2 Å². The molecule has 0 bridgehead atoms. The summed E-state index contributed by atoms with van der Waals surface area (Å²) in [6.45, 7) is 3.80. The van der Waals surface area contributed by atoms with Crippen molar-refractivity contribution in [1.29, 1.82) is 0 Å². The van der Waals surface area contributed by atoms with E-state index in [-0.39, 0.29) is 13.2 Å². The predicted molar refractivity (Wildman–Crippen MR) is 123 cm³/mol. The smallest absolute Gasteiger partial charge is 0.339 e. The number of hydrogen-bond donors (Lipinski definition) is 2. The highest BCUT2D eigenvalue weighted by atomic mass is 32.2. The Morgan fingerprint density at radius 2 is 1.06 bits per heavy atom. The van der Waals surface area contributed by atoms with Crippen LogP contribution in [0, 0.1) is 0 Å². The van der Waals surface area contributed by atoms with Crippen LogP contribution in [0.3, 0.4) is 0 Å². The zero-order valence-electron chi connectivity index (χ0n) is 19.3. The molecule has 0 aliphatic heterocycles. The van der Waals surface area contributed by atoms with Crippen LogP contribution in [0.4, 0.5) is 0 Å². The monoisotopic (exact) mass is 506 g/mol. The molecule has 10 nitrogen and oxygen atoms in total. The number of carbonyl (C=O) groups is 4. The Kier molecular flexibility index (Phi) is 9.52. The van der Waals surface area contributed by atoms with Gasteiger partial charge < -0.3 is 19.7 Å². The first-order chi connectivity index (χ1) is 16.5. The molecule has 0 saturated heterocycles. The minimum Gasteiger partial charge on any atom is -0.478 e. The topological polar surface area (TPSA) is 161 Å². The van der Waals surface area contributed by atoms with E-state index in [9.17, 15) is 37.8 Å². The fourth-order valence-corrected chi connectivity index (χ4v) is 4.31. The van der Waals surface area contributed by atoms with E-state index in [0.29, 0.717) is 12.8 Å². The molecule has 0 unspecified atom stereocenters. The van der Waals surface area contributed by atoms with Gasteiger partial charge in [-0.3, -0.25) is 0 Å². The maximum Gasteiger partial charge on any atom is 0.339 e. The number of esters is 2. The number of carboxylic acid groups (broad SMARTS) is 2. The molecule has 2 rings (SSSR count). The van der Waals surface area contributed by atoms with Gasteiger partial charge in [-0.25, -0.2) is 27.6 Å². The molecule has 0 aromatic heterocycles. The lowest BCUT2D eigenvalue weighted by Crippen LogP contribution is -2.15. The van der Waals surface area contributed by atoms with E-state index in [4.69, 9.17) is 9.47 Å². The second-order valence-electron chi connectivity index (χ2n) is 7.51. The van der Waals surface area contributed by atoms with Crippen molar-refractivity contribution in [3.63, 3.8) is 0 Å². The molecule has 2 aromatic carbocycles. The van der Waals surface area contributed by atoms with Crippen LogP contribution in [0.15, 0.2) is 46.2 Å². The molecule has 2 aromatic rings. The first-order valence-electron chi connectivity index (χ1n) is 10.9. The van der Waals surface area contributed by atoms with Crippen molar-refractivity contribution in [3.8, 4) is 0 Å². The lowest BCUT2D eigenvalue weighted by Gasteiger charge is -2.12. The first-order valence-corrected chi connectivity index (χ1v) is 12.4. The summed E-state index contributed by atoms with van der Waals surface area (Å²) in [7, 11) is -4.39. The standard InChI is InChI=1S/C24H26O10S/c1-3-5-11-33-23(29)19-13-15(7-9-17(19)21(25)26)35(31,32)16-8-10-18(22(27)28)20(14-16)24(30)34-12-6-4-2/h7-10,13-14H,3-6,11-12H2,1-2H3,(H,25,26)(H,27,28). The maximum atomic E-state index is 13.3. The van der Waals surface area contributed by atoms with Crippen molar-refractivity contribution >= 4 is 33.7 Å². The molecule has 0 radical (unpaired) electrons. The lowest BCUT2D eigenvalue weighted by atomic mass is 10.1. The van der Waals surface area contributed by atoms with E-state index < -0.39 is 65.8 Å². The van der Waals surface area contributed by atoms with E-state index in [2.05, 4.69) is 0 Å². The van der Waals surface area contributed by atoms with Crippen molar-refractivity contribution in [3.05, 3.63) is 58.7 Å². The largest absolute Gasteiger partial charge is 0.478 e. The number of hydrogen-bond acceptors (Lipinski definition) is 8. The highest BCUT2D eigenvalue weighted by molar-refractivity contribution is 7.91. The number of ether oxygens (including phenoxy) is 2. The summed E-state index contributed by atoms with van der Waals surface area (Å²) in [4.78, 5) is 47.1.